The van der Waals surface area contributed by atoms with Gasteiger partial charge in [0.05, 0.1) is 13.0 Å². The summed E-state index contributed by atoms with van der Waals surface area (Å²) in [6.07, 6.45) is 2.20. The second-order valence-corrected chi connectivity index (χ2v) is 5.62. The van der Waals surface area contributed by atoms with E-state index in [4.69, 9.17) is 4.74 Å². The van der Waals surface area contributed by atoms with Gasteiger partial charge in [-0.25, -0.2) is 8.78 Å². The van der Waals surface area contributed by atoms with Gasteiger partial charge in [0, 0.05) is 12.6 Å². The Morgan fingerprint density at radius 3 is 2.90 bits per heavy atom. The zero-order valence-corrected chi connectivity index (χ0v) is 11.8. The van der Waals surface area contributed by atoms with E-state index in [2.05, 4.69) is 5.32 Å². The molecule has 1 amide bonds. The minimum absolute atomic E-state index is 0.0485. The van der Waals surface area contributed by atoms with Gasteiger partial charge in [-0.05, 0) is 44.7 Å². The van der Waals surface area contributed by atoms with E-state index < -0.39 is 13.0 Å². The number of carbonyl (C=O) groups is 1. The van der Waals surface area contributed by atoms with Crippen molar-refractivity contribution in [1.29, 1.82) is 0 Å². The molecule has 2 fully saturated rings. The lowest BCUT2D eigenvalue weighted by Crippen LogP contribution is -2.45. The molecule has 20 heavy (non-hydrogen) atoms. The molecule has 0 saturated carbocycles. The molecule has 2 rings (SSSR count). The number of piperidine rings is 1. The molecule has 2 atom stereocenters. The number of ether oxygens (including phenoxy) is 1. The van der Waals surface area contributed by atoms with Crippen molar-refractivity contribution in [1.82, 2.24) is 10.2 Å². The number of likely N-dealkylation sites (tertiary alicyclic amines) is 1. The molecule has 1 N–H and O–H groups in total. The van der Waals surface area contributed by atoms with Gasteiger partial charge in [-0.2, -0.15) is 0 Å². The first kappa shape index (κ1) is 15.6. The number of alkyl halides is 2. The van der Waals surface area contributed by atoms with Gasteiger partial charge < -0.3 is 15.0 Å². The van der Waals surface area contributed by atoms with Crippen molar-refractivity contribution in [2.75, 3.05) is 32.8 Å². The monoisotopic (exact) mass is 290 g/mol. The van der Waals surface area contributed by atoms with Gasteiger partial charge in [0.2, 0.25) is 5.91 Å². The molecular formula is C14H24F2N2O2. The van der Waals surface area contributed by atoms with Crippen molar-refractivity contribution in [3.8, 4) is 0 Å². The summed E-state index contributed by atoms with van der Waals surface area (Å²) in [5.41, 5.74) is 0. The Labute approximate surface area is 118 Å². The zero-order valence-electron chi connectivity index (χ0n) is 11.8. The maximum absolute atomic E-state index is 12.2. The van der Waals surface area contributed by atoms with Gasteiger partial charge in [0.1, 0.15) is 6.61 Å². The first-order chi connectivity index (χ1) is 9.68. The average molecular weight is 290 g/mol. The molecular weight excluding hydrogens is 266 g/mol. The molecule has 0 bridgehead atoms. The van der Waals surface area contributed by atoms with Crippen molar-refractivity contribution in [3.05, 3.63) is 0 Å². The molecule has 116 valence electrons. The molecule has 2 aliphatic rings. The number of nitrogens with zero attached hydrogens (tertiary/aromatic N) is 1. The summed E-state index contributed by atoms with van der Waals surface area (Å²) in [6.45, 7) is 2.36. The van der Waals surface area contributed by atoms with Crippen molar-refractivity contribution in [2.45, 2.75) is 44.6 Å². The van der Waals surface area contributed by atoms with E-state index in [1.165, 1.54) is 12.8 Å². The van der Waals surface area contributed by atoms with Crippen LogP contribution in [0.1, 0.15) is 32.1 Å². The van der Waals surface area contributed by atoms with Crippen LogP contribution in [-0.2, 0) is 9.53 Å². The lowest BCUT2D eigenvalue weighted by Gasteiger charge is -2.34. The van der Waals surface area contributed by atoms with E-state index in [9.17, 15) is 13.6 Å². The molecule has 0 aromatic rings. The molecule has 0 radical (unpaired) electrons. The van der Waals surface area contributed by atoms with Gasteiger partial charge in [0.15, 0.2) is 0 Å². The maximum Gasteiger partial charge on any atom is 0.261 e. The molecule has 0 aromatic carbocycles. The number of rotatable bonds is 6. The minimum atomic E-state index is -2.46. The van der Waals surface area contributed by atoms with Gasteiger partial charge in [-0.3, -0.25) is 4.79 Å². The Balaban J connectivity index is 1.75. The summed E-state index contributed by atoms with van der Waals surface area (Å²) in [6, 6.07) is 0.324. The number of nitrogens with one attached hydrogen (secondary N) is 1. The van der Waals surface area contributed by atoms with Crippen LogP contribution in [0.4, 0.5) is 8.78 Å². The molecule has 4 nitrogen and oxygen atoms in total. The third-order valence-electron chi connectivity index (χ3n) is 4.20. The SMILES string of the molecule is O=C(CCOCC(F)F)N1CCCC1C1CCCNC1. The fourth-order valence-electron chi connectivity index (χ4n) is 3.27. The first-order valence-corrected chi connectivity index (χ1v) is 7.54. The van der Waals surface area contributed by atoms with Crippen LogP contribution in [0.25, 0.3) is 0 Å². The van der Waals surface area contributed by atoms with Gasteiger partial charge in [-0.15, -0.1) is 0 Å². The number of amides is 1. The van der Waals surface area contributed by atoms with E-state index >= 15 is 0 Å². The normalized spacial score (nSPS) is 27.2. The number of carbonyl (C=O) groups excluding carboxylic acids is 1. The third-order valence-corrected chi connectivity index (χ3v) is 4.20. The molecule has 6 heteroatoms. The lowest BCUT2D eigenvalue weighted by atomic mass is 9.90. The maximum atomic E-state index is 12.2. The highest BCUT2D eigenvalue weighted by atomic mass is 19.3. The predicted octanol–water partition coefficient (Wildman–Crippen LogP) is 1.65. The predicted molar refractivity (Wildman–Crippen MR) is 71.8 cm³/mol. The smallest absolute Gasteiger partial charge is 0.261 e. The van der Waals surface area contributed by atoms with Crippen LogP contribution < -0.4 is 5.32 Å². The van der Waals surface area contributed by atoms with Gasteiger partial charge >= 0.3 is 0 Å². The number of halogens is 2. The molecule has 2 heterocycles. The van der Waals surface area contributed by atoms with Crippen molar-refractivity contribution in [3.63, 3.8) is 0 Å². The molecule has 2 unspecified atom stereocenters. The summed E-state index contributed by atoms with van der Waals surface area (Å²) < 4.78 is 28.7. The Morgan fingerprint density at radius 2 is 2.20 bits per heavy atom. The molecule has 0 aromatic heterocycles. The van der Waals surface area contributed by atoms with Crippen LogP contribution in [0.5, 0.6) is 0 Å². The average Bonchev–Trinajstić information content (AvgIpc) is 2.93. The summed E-state index contributed by atoms with van der Waals surface area (Å²) in [5.74, 6) is 0.588. The first-order valence-electron chi connectivity index (χ1n) is 7.54. The topological polar surface area (TPSA) is 41.6 Å². The Hall–Kier alpha value is -0.750. The van der Waals surface area contributed by atoms with E-state index in [1.807, 2.05) is 4.90 Å². The van der Waals surface area contributed by atoms with E-state index in [0.717, 1.165) is 32.5 Å². The summed E-state index contributed by atoms with van der Waals surface area (Å²) in [5, 5.41) is 3.39. The van der Waals surface area contributed by atoms with Crippen LogP contribution in [0.3, 0.4) is 0 Å². The summed E-state index contributed by atoms with van der Waals surface area (Å²) >= 11 is 0. The Bertz CT molecular complexity index is 310. The van der Waals surface area contributed by atoms with E-state index in [0.29, 0.717) is 12.0 Å². The molecule has 2 aliphatic heterocycles. The van der Waals surface area contributed by atoms with Crippen LogP contribution in [-0.4, -0.2) is 56.1 Å². The molecule has 0 aliphatic carbocycles. The minimum Gasteiger partial charge on any atom is -0.375 e. The zero-order chi connectivity index (χ0) is 14.4. The largest absolute Gasteiger partial charge is 0.375 e. The van der Waals surface area contributed by atoms with Gasteiger partial charge in [-0.1, -0.05) is 0 Å². The van der Waals surface area contributed by atoms with E-state index in [-0.39, 0.29) is 18.9 Å². The fourth-order valence-corrected chi connectivity index (χ4v) is 3.27. The number of hydrogen-bond donors (Lipinski definition) is 1. The highest BCUT2D eigenvalue weighted by Crippen LogP contribution is 2.28. The van der Waals surface area contributed by atoms with Crippen LogP contribution in [0, 0.1) is 5.92 Å². The van der Waals surface area contributed by atoms with Crippen LogP contribution >= 0.6 is 0 Å². The quantitative estimate of drug-likeness (QED) is 0.756. The highest BCUT2D eigenvalue weighted by Gasteiger charge is 2.34. The number of hydrogen-bond acceptors (Lipinski definition) is 3. The third kappa shape index (κ3) is 4.38. The lowest BCUT2D eigenvalue weighted by molar-refractivity contribution is -0.134. The van der Waals surface area contributed by atoms with Gasteiger partial charge in [0.25, 0.3) is 6.43 Å². The van der Waals surface area contributed by atoms with Crippen molar-refractivity contribution >= 4 is 5.91 Å². The molecule has 2 saturated heterocycles. The molecule has 0 spiro atoms. The summed E-state index contributed by atoms with van der Waals surface area (Å²) in [4.78, 5) is 14.1. The van der Waals surface area contributed by atoms with Crippen molar-refractivity contribution < 1.29 is 18.3 Å². The Morgan fingerprint density at radius 1 is 1.35 bits per heavy atom. The highest BCUT2D eigenvalue weighted by molar-refractivity contribution is 5.77. The fraction of sp³-hybridized carbons (Fsp3) is 0.929. The standard InChI is InChI=1S/C14H24F2N2O2/c15-13(16)10-20-8-5-14(19)18-7-2-4-12(18)11-3-1-6-17-9-11/h11-13,17H,1-10H2. The second-order valence-electron chi connectivity index (χ2n) is 5.62. The second kappa shape index (κ2) is 7.88. The van der Waals surface area contributed by atoms with Crippen LogP contribution in [0.15, 0.2) is 0 Å². The Kier molecular flexibility index (Phi) is 6.16. The van der Waals surface area contributed by atoms with E-state index in [1.54, 1.807) is 0 Å². The van der Waals surface area contributed by atoms with Crippen molar-refractivity contribution in [2.24, 2.45) is 5.92 Å². The van der Waals surface area contributed by atoms with Crippen LogP contribution in [0.2, 0.25) is 0 Å². The summed E-state index contributed by atoms with van der Waals surface area (Å²) in [7, 11) is 0.